The number of hydrogen-bond acceptors (Lipinski definition) is 2. The van der Waals surface area contributed by atoms with E-state index in [1.807, 2.05) is 13.8 Å². The van der Waals surface area contributed by atoms with Crippen molar-refractivity contribution in [1.29, 1.82) is 0 Å². The molecule has 0 aliphatic carbocycles. The highest BCUT2D eigenvalue weighted by Crippen LogP contribution is 2.23. The fourth-order valence-electron chi connectivity index (χ4n) is 1.22. The van der Waals surface area contributed by atoms with Crippen molar-refractivity contribution < 1.29 is 9.53 Å². The molecule has 14 heavy (non-hydrogen) atoms. The Morgan fingerprint density at radius 3 is 2.43 bits per heavy atom. The monoisotopic (exact) mass is 211 g/mol. The molecule has 0 bridgehead atoms. The number of halogens is 1. The lowest BCUT2D eigenvalue weighted by Crippen LogP contribution is -2.06. The molecule has 1 aromatic carbocycles. The minimum atomic E-state index is -0.335. The number of benzene rings is 1. The molecule has 0 N–H and O–H groups in total. The first-order chi connectivity index (χ1) is 6.56. The van der Waals surface area contributed by atoms with E-state index in [0.29, 0.717) is 10.6 Å². The average Bonchev–Trinajstić information content (AvgIpc) is 2.16. The summed E-state index contributed by atoms with van der Waals surface area (Å²) in [5.74, 6) is 0.700. The van der Waals surface area contributed by atoms with Crippen molar-refractivity contribution in [2.24, 2.45) is 0 Å². The fraction of sp³-hybridized carbons (Fsp3) is 0.273. The van der Waals surface area contributed by atoms with Gasteiger partial charge in [-0.2, -0.15) is 0 Å². The molecule has 0 saturated heterocycles. The molecule has 75 valence electrons. The van der Waals surface area contributed by atoms with Crippen LogP contribution < -0.4 is 0 Å². The summed E-state index contributed by atoms with van der Waals surface area (Å²) in [6, 6.07) is 5.12. The summed E-state index contributed by atoms with van der Waals surface area (Å²) in [5, 5.41) is 0.619. The van der Waals surface area contributed by atoms with Crippen molar-refractivity contribution in [1.82, 2.24) is 0 Å². The second-order valence-corrected chi connectivity index (χ2v) is 3.62. The van der Waals surface area contributed by atoms with Crippen molar-refractivity contribution in [3.8, 4) is 0 Å². The molecular formula is C11H12ClO2. The van der Waals surface area contributed by atoms with Crippen molar-refractivity contribution >= 4 is 17.6 Å². The number of hydrogen-bond donors (Lipinski definition) is 0. The first-order valence-electron chi connectivity index (χ1n) is 4.24. The quantitative estimate of drug-likeness (QED) is 0.703. The van der Waals surface area contributed by atoms with Crippen LogP contribution in [-0.4, -0.2) is 13.1 Å². The molecule has 3 heteroatoms. The first-order valence-corrected chi connectivity index (χ1v) is 4.62. The molecule has 1 rings (SSSR count). The van der Waals surface area contributed by atoms with Gasteiger partial charge < -0.3 is 4.74 Å². The normalized spacial score (nSPS) is 10.4. The molecule has 0 aromatic heterocycles. The lowest BCUT2D eigenvalue weighted by molar-refractivity contribution is 0.0600. The molecule has 1 radical (unpaired) electrons. The average molecular weight is 212 g/mol. The van der Waals surface area contributed by atoms with Gasteiger partial charge in [-0.3, -0.25) is 0 Å². The molecule has 0 fully saturated rings. The van der Waals surface area contributed by atoms with Gasteiger partial charge in [0.05, 0.1) is 12.7 Å². The Labute approximate surface area is 88.8 Å². The Balaban J connectivity index is 3.21. The summed E-state index contributed by atoms with van der Waals surface area (Å²) in [6.45, 7) is 3.86. The van der Waals surface area contributed by atoms with Crippen LogP contribution >= 0.6 is 11.6 Å². The largest absolute Gasteiger partial charge is 0.465 e. The van der Waals surface area contributed by atoms with Gasteiger partial charge in [-0.05, 0) is 29.7 Å². The third kappa shape index (κ3) is 2.26. The maximum Gasteiger partial charge on any atom is 0.338 e. The Morgan fingerprint density at radius 2 is 1.93 bits per heavy atom. The van der Waals surface area contributed by atoms with Crippen LogP contribution in [0.1, 0.15) is 29.8 Å². The van der Waals surface area contributed by atoms with Gasteiger partial charge in [-0.25, -0.2) is 4.79 Å². The minimum absolute atomic E-state index is 0.335. The summed E-state index contributed by atoms with van der Waals surface area (Å²) < 4.78 is 4.67. The van der Waals surface area contributed by atoms with Gasteiger partial charge in [-0.1, -0.05) is 25.4 Å². The number of esters is 1. The zero-order chi connectivity index (χ0) is 10.7. The summed E-state index contributed by atoms with van der Waals surface area (Å²) >= 11 is 5.84. The second-order valence-electron chi connectivity index (χ2n) is 3.18. The van der Waals surface area contributed by atoms with E-state index >= 15 is 0 Å². The van der Waals surface area contributed by atoms with Crippen LogP contribution in [0, 0.1) is 5.92 Å². The van der Waals surface area contributed by atoms with Crippen molar-refractivity contribution in [3.63, 3.8) is 0 Å². The van der Waals surface area contributed by atoms with Crippen LogP contribution in [0.15, 0.2) is 18.2 Å². The topological polar surface area (TPSA) is 26.3 Å². The van der Waals surface area contributed by atoms with Gasteiger partial charge in [-0.15, -0.1) is 0 Å². The molecule has 0 aliphatic heterocycles. The second kappa shape index (κ2) is 4.47. The number of carbonyl (C=O) groups is 1. The highest BCUT2D eigenvalue weighted by molar-refractivity contribution is 6.30. The SMILES string of the molecule is COC(=O)c1ccc(Cl)cc1[C](C)C. The maximum atomic E-state index is 11.4. The predicted molar refractivity (Wildman–Crippen MR) is 56.5 cm³/mol. The third-order valence-corrected chi connectivity index (χ3v) is 2.16. The zero-order valence-corrected chi connectivity index (χ0v) is 9.18. The molecule has 0 unspecified atom stereocenters. The Hall–Kier alpha value is -1.02. The molecule has 0 aliphatic rings. The van der Waals surface area contributed by atoms with Gasteiger partial charge in [0, 0.05) is 5.02 Å². The third-order valence-electron chi connectivity index (χ3n) is 1.93. The van der Waals surface area contributed by atoms with Crippen molar-refractivity contribution in [3.05, 3.63) is 40.3 Å². The molecule has 1 aromatic rings. The molecular weight excluding hydrogens is 200 g/mol. The van der Waals surface area contributed by atoms with Gasteiger partial charge in [0.15, 0.2) is 0 Å². The lowest BCUT2D eigenvalue weighted by atomic mass is 9.97. The van der Waals surface area contributed by atoms with Crippen molar-refractivity contribution in [2.45, 2.75) is 13.8 Å². The van der Waals surface area contributed by atoms with E-state index in [2.05, 4.69) is 4.74 Å². The van der Waals surface area contributed by atoms with E-state index < -0.39 is 0 Å². The van der Waals surface area contributed by atoms with Gasteiger partial charge in [0.25, 0.3) is 0 Å². The van der Waals surface area contributed by atoms with Crippen LogP contribution in [0.5, 0.6) is 0 Å². The molecule has 0 amide bonds. The highest BCUT2D eigenvalue weighted by Gasteiger charge is 2.14. The standard InChI is InChI=1S/C11H12ClO2/c1-7(2)10-6-8(12)4-5-9(10)11(13)14-3/h4-6H,1-3H3. The lowest BCUT2D eigenvalue weighted by Gasteiger charge is -2.10. The number of ether oxygens (including phenoxy) is 1. The molecule has 0 atom stereocenters. The van der Waals surface area contributed by atoms with E-state index in [9.17, 15) is 4.79 Å². The number of rotatable bonds is 2. The van der Waals surface area contributed by atoms with E-state index in [1.165, 1.54) is 7.11 Å². The Kier molecular flexibility index (Phi) is 3.53. The van der Waals surface area contributed by atoms with E-state index in [-0.39, 0.29) is 5.97 Å². The zero-order valence-electron chi connectivity index (χ0n) is 8.43. The number of carbonyl (C=O) groups excluding carboxylic acids is 1. The fourth-order valence-corrected chi connectivity index (χ4v) is 1.39. The Morgan fingerprint density at radius 1 is 1.29 bits per heavy atom. The summed E-state index contributed by atoms with van der Waals surface area (Å²) in [5.41, 5.74) is 1.39. The summed E-state index contributed by atoms with van der Waals surface area (Å²) in [7, 11) is 1.37. The van der Waals surface area contributed by atoms with E-state index in [0.717, 1.165) is 11.5 Å². The maximum absolute atomic E-state index is 11.4. The van der Waals surface area contributed by atoms with Gasteiger partial charge >= 0.3 is 5.97 Å². The van der Waals surface area contributed by atoms with Crippen LogP contribution in [-0.2, 0) is 4.74 Å². The molecule has 0 spiro atoms. The van der Waals surface area contributed by atoms with Gasteiger partial charge in [0.1, 0.15) is 0 Å². The van der Waals surface area contributed by atoms with Crippen LogP contribution in [0.25, 0.3) is 0 Å². The van der Waals surface area contributed by atoms with E-state index in [1.54, 1.807) is 18.2 Å². The first kappa shape index (κ1) is 11.1. The summed E-state index contributed by atoms with van der Waals surface area (Å²) in [4.78, 5) is 11.4. The minimum Gasteiger partial charge on any atom is -0.465 e. The Bertz CT molecular complexity index is 345. The predicted octanol–water partition coefficient (Wildman–Crippen LogP) is 3.09. The van der Waals surface area contributed by atoms with Crippen LogP contribution in [0.4, 0.5) is 0 Å². The molecule has 0 heterocycles. The molecule has 0 saturated carbocycles. The van der Waals surface area contributed by atoms with Crippen LogP contribution in [0.2, 0.25) is 5.02 Å². The van der Waals surface area contributed by atoms with Crippen LogP contribution in [0.3, 0.4) is 0 Å². The smallest absolute Gasteiger partial charge is 0.338 e. The molecule has 2 nitrogen and oxygen atoms in total. The van der Waals surface area contributed by atoms with Gasteiger partial charge in [0.2, 0.25) is 0 Å². The highest BCUT2D eigenvalue weighted by atomic mass is 35.5. The van der Waals surface area contributed by atoms with Crippen molar-refractivity contribution in [2.75, 3.05) is 7.11 Å². The van der Waals surface area contributed by atoms with E-state index in [4.69, 9.17) is 11.6 Å². The number of methoxy groups -OCH3 is 1. The summed E-state index contributed by atoms with van der Waals surface area (Å²) in [6.07, 6.45) is 0.